The van der Waals surface area contributed by atoms with Gasteiger partial charge in [-0.05, 0) is 42.0 Å². The monoisotopic (exact) mass is 466 g/mol. The van der Waals surface area contributed by atoms with Gasteiger partial charge in [-0.2, -0.15) is 0 Å². The van der Waals surface area contributed by atoms with Gasteiger partial charge in [-0.15, -0.1) is 0 Å². The van der Waals surface area contributed by atoms with E-state index < -0.39 is 16.0 Å². The Kier molecular flexibility index (Phi) is 6.81. The molecule has 0 amide bonds. The van der Waals surface area contributed by atoms with Crippen LogP contribution in [0.3, 0.4) is 0 Å². The molecule has 1 N–H and O–H groups in total. The zero-order valence-corrected chi connectivity index (χ0v) is 18.0. The van der Waals surface area contributed by atoms with Crippen molar-refractivity contribution in [2.45, 2.75) is 4.90 Å². The zero-order chi connectivity index (χ0) is 21.7. The summed E-state index contributed by atoms with van der Waals surface area (Å²) in [6, 6.07) is 12.6. The van der Waals surface area contributed by atoms with Crippen LogP contribution in [0.5, 0.6) is 5.75 Å². The molecule has 30 heavy (non-hydrogen) atoms. The fourth-order valence-electron chi connectivity index (χ4n) is 2.54. The summed E-state index contributed by atoms with van der Waals surface area (Å²) in [6.45, 7) is -0.227. The number of nitrogens with zero attached hydrogens (tertiary/aromatic N) is 1. The lowest BCUT2D eigenvalue weighted by atomic mass is 10.0. The van der Waals surface area contributed by atoms with E-state index in [1.807, 2.05) is 0 Å². The standard InChI is InChI=1S/C20H16Cl2N2O5S/c1-28-19(25)12-29-15-6-4-13(5-7-15)17-9-14(21)10-18(22)20(17)24-30(26,27)16-3-2-8-23-11-16/h2-11,24H,12H2,1H3. The number of ether oxygens (including phenoxy) is 2. The minimum Gasteiger partial charge on any atom is -0.482 e. The number of esters is 1. The average molecular weight is 467 g/mol. The molecular formula is C20H16Cl2N2O5S. The van der Waals surface area contributed by atoms with Gasteiger partial charge in [0.15, 0.2) is 6.61 Å². The van der Waals surface area contributed by atoms with Crippen LogP contribution in [0.15, 0.2) is 65.8 Å². The molecule has 3 rings (SSSR count). The Labute approximate surface area is 183 Å². The number of carbonyl (C=O) groups excluding carboxylic acids is 1. The van der Waals surface area contributed by atoms with Crippen LogP contribution in [-0.4, -0.2) is 33.1 Å². The van der Waals surface area contributed by atoms with Crippen LogP contribution in [0.4, 0.5) is 5.69 Å². The molecule has 1 heterocycles. The first-order chi connectivity index (χ1) is 14.3. The van der Waals surface area contributed by atoms with Crippen molar-refractivity contribution in [2.24, 2.45) is 0 Å². The summed E-state index contributed by atoms with van der Waals surface area (Å²) in [7, 11) is -2.65. The molecule has 0 saturated carbocycles. The molecule has 0 radical (unpaired) electrons. The predicted octanol–water partition coefficient (Wildman–Crippen LogP) is 4.41. The predicted molar refractivity (Wildman–Crippen MR) is 114 cm³/mol. The second-order valence-electron chi connectivity index (χ2n) is 5.99. The summed E-state index contributed by atoms with van der Waals surface area (Å²) >= 11 is 12.5. The van der Waals surface area contributed by atoms with Crippen LogP contribution < -0.4 is 9.46 Å². The molecule has 156 valence electrons. The fourth-order valence-corrected chi connectivity index (χ4v) is 4.20. The smallest absolute Gasteiger partial charge is 0.343 e. The van der Waals surface area contributed by atoms with Gasteiger partial charge in [0.25, 0.3) is 10.0 Å². The van der Waals surface area contributed by atoms with Gasteiger partial charge in [-0.1, -0.05) is 35.3 Å². The van der Waals surface area contributed by atoms with Crippen molar-refractivity contribution in [3.63, 3.8) is 0 Å². The number of anilines is 1. The molecule has 0 aliphatic heterocycles. The molecule has 0 saturated heterocycles. The highest BCUT2D eigenvalue weighted by atomic mass is 35.5. The highest BCUT2D eigenvalue weighted by molar-refractivity contribution is 7.92. The third-order valence-corrected chi connectivity index (χ3v) is 5.84. The number of rotatable bonds is 7. The number of carbonyl (C=O) groups is 1. The maximum Gasteiger partial charge on any atom is 0.343 e. The summed E-state index contributed by atoms with van der Waals surface area (Å²) < 4.78 is 37.9. The maximum absolute atomic E-state index is 12.7. The number of methoxy groups -OCH3 is 1. The fraction of sp³-hybridized carbons (Fsp3) is 0.100. The maximum atomic E-state index is 12.7. The third-order valence-electron chi connectivity index (χ3n) is 3.99. The number of halogens is 2. The van der Waals surface area contributed by atoms with Crippen molar-refractivity contribution >= 4 is 44.9 Å². The van der Waals surface area contributed by atoms with Gasteiger partial charge < -0.3 is 9.47 Å². The third kappa shape index (κ3) is 5.21. The number of nitrogens with one attached hydrogen (secondary N) is 1. The van der Waals surface area contributed by atoms with Crippen molar-refractivity contribution < 1.29 is 22.7 Å². The van der Waals surface area contributed by atoms with Gasteiger partial charge in [0.1, 0.15) is 10.6 Å². The number of hydrogen-bond donors (Lipinski definition) is 1. The Hall–Kier alpha value is -2.81. The van der Waals surface area contributed by atoms with E-state index >= 15 is 0 Å². The topological polar surface area (TPSA) is 94.6 Å². The lowest BCUT2D eigenvalue weighted by Gasteiger charge is -2.15. The number of sulfonamides is 1. The van der Waals surface area contributed by atoms with Crippen molar-refractivity contribution in [1.82, 2.24) is 4.98 Å². The summed E-state index contributed by atoms with van der Waals surface area (Å²) in [5.41, 5.74) is 1.28. The molecule has 1 aromatic heterocycles. The van der Waals surface area contributed by atoms with Crippen LogP contribution in [0.1, 0.15) is 0 Å². The van der Waals surface area contributed by atoms with E-state index in [9.17, 15) is 13.2 Å². The van der Waals surface area contributed by atoms with Crippen molar-refractivity contribution in [3.8, 4) is 16.9 Å². The summed E-state index contributed by atoms with van der Waals surface area (Å²) in [5.74, 6) is -0.0671. The van der Waals surface area contributed by atoms with Gasteiger partial charge in [0, 0.05) is 23.0 Å². The first-order valence-corrected chi connectivity index (χ1v) is 10.8. The van der Waals surface area contributed by atoms with E-state index in [0.717, 1.165) is 0 Å². The number of aromatic nitrogens is 1. The van der Waals surface area contributed by atoms with Gasteiger partial charge in [-0.3, -0.25) is 9.71 Å². The number of pyridine rings is 1. The Bertz CT molecular complexity index is 1150. The van der Waals surface area contributed by atoms with Gasteiger partial charge in [0.2, 0.25) is 0 Å². The molecule has 0 fully saturated rings. The van der Waals surface area contributed by atoms with Crippen molar-refractivity contribution in [1.29, 1.82) is 0 Å². The van der Waals surface area contributed by atoms with Crippen LogP contribution >= 0.6 is 23.2 Å². The quantitative estimate of drug-likeness (QED) is 0.518. The Balaban J connectivity index is 1.95. The van der Waals surface area contributed by atoms with E-state index in [4.69, 9.17) is 27.9 Å². The Morgan fingerprint density at radius 1 is 1.13 bits per heavy atom. The number of hydrogen-bond acceptors (Lipinski definition) is 6. The highest BCUT2D eigenvalue weighted by Gasteiger charge is 2.20. The van der Waals surface area contributed by atoms with E-state index in [0.29, 0.717) is 21.9 Å². The van der Waals surface area contributed by atoms with Gasteiger partial charge in [0.05, 0.1) is 17.8 Å². The molecule has 0 aliphatic rings. The summed E-state index contributed by atoms with van der Waals surface area (Å²) in [4.78, 5) is 15.0. The van der Waals surface area contributed by atoms with Crippen LogP contribution in [0.25, 0.3) is 11.1 Å². The number of benzene rings is 2. The zero-order valence-electron chi connectivity index (χ0n) is 15.6. The van der Waals surface area contributed by atoms with E-state index in [1.54, 1.807) is 30.3 Å². The second-order valence-corrected chi connectivity index (χ2v) is 8.52. The summed E-state index contributed by atoms with van der Waals surface area (Å²) in [6.07, 6.45) is 2.71. The molecule has 2 aromatic carbocycles. The lowest BCUT2D eigenvalue weighted by Crippen LogP contribution is -2.14. The molecule has 7 nitrogen and oxygen atoms in total. The molecule has 0 aliphatic carbocycles. The van der Waals surface area contributed by atoms with Crippen molar-refractivity contribution in [2.75, 3.05) is 18.4 Å². The minimum atomic E-state index is -3.92. The molecule has 3 aromatic rings. The van der Waals surface area contributed by atoms with E-state index in [2.05, 4.69) is 14.4 Å². The van der Waals surface area contributed by atoms with Crippen LogP contribution in [0, 0.1) is 0 Å². The first-order valence-electron chi connectivity index (χ1n) is 8.52. The van der Waals surface area contributed by atoms with Crippen molar-refractivity contribution in [3.05, 3.63) is 71.0 Å². The van der Waals surface area contributed by atoms with Gasteiger partial charge in [-0.25, -0.2) is 13.2 Å². The highest BCUT2D eigenvalue weighted by Crippen LogP contribution is 2.38. The lowest BCUT2D eigenvalue weighted by molar-refractivity contribution is -0.142. The second kappa shape index (κ2) is 9.34. The Morgan fingerprint density at radius 3 is 2.50 bits per heavy atom. The molecular weight excluding hydrogens is 451 g/mol. The van der Waals surface area contributed by atoms with E-state index in [1.165, 1.54) is 37.7 Å². The molecule has 0 spiro atoms. The Morgan fingerprint density at radius 2 is 1.87 bits per heavy atom. The van der Waals surface area contributed by atoms with Gasteiger partial charge >= 0.3 is 5.97 Å². The minimum absolute atomic E-state index is 0.00600. The van der Waals surface area contributed by atoms with E-state index in [-0.39, 0.29) is 22.2 Å². The normalized spacial score (nSPS) is 11.0. The average Bonchev–Trinajstić information content (AvgIpc) is 2.74. The van der Waals surface area contributed by atoms with Crippen LogP contribution in [0.2, 0.25) is 10.0 Å². The molecule has 0 atom stereocenters. The summed E-state index contributed by atoms with van der Waals surface area (Å²) in [5, 5.41) is 0.473. The first kappa shape index (κ1) is 21.9. The molecule has 10 heteroatoms. The molecule has 0 bridgehead atoms. The largest absolute Gasteiger partial charge is 0.482 e. The SMILES string of the molecule is COC(=O)COc1ccc(-c2cc(Cl)cc(Cl)c2NS(=O)(=O)c2cccnc2)cc1. The molecule has 0 unspecified atom stereocenters. The van der Waals surface area contributed by atoms with Crippen LogP contribution in [-0.2, 0) is 19.6 Å².